The Bertz CT molecular complexity index is 497. The SMILES string of the molecule is CCCCCCCCCCC(CCCCCCCC)CCOC(=O)c1ccccc1. The number of benzene rings is 1. The summed E-state index contributed by atoms with van der Waals surface area (Å²) in [5, 5.41) is 0. The Hall–Kier alpha value is -1.31. The number of hydrogen-bond acceptors (Lipinski definition) is 2. The maximum atomic E-state index is 12.2. The highest BCUT2D eigenvalue weighted by Crippen LogP contribution is 2.22. The Kier molecular flexibility index (Phi) is 17.5. The molecule has 1 aromatic carbocycles. The van der Waals surface area contributed by atoms with Gasteiger partial charge in [0.15, 0.2) is 0 Å². The van der Waals surface area contributed by atoms with E-state index < -0.39 is 0 Å². The Morgan fingerprint density at radius 1 is 0.667 bits per heavy atom. The van der Waals surface area contributed by atoms with Crippen LogP contribution in [0.3, 0.4) is 0 Å². The normalized spacial score (nSPS) is 12.1. The molecule has 0 bridgehead atoms. The molecule has 172 valence electrons. The van der Waals surface area contributed by atoms with Crippen LogP contribution in [-0.4, -0.2) is 12.6 Å². The first-order valence-corrected chi connectivity index (χ1v) is 13.0. The van der Waals surface area contributed by atoms with Crippen LogP contribution in [0.1, 0.15) is 133 Å². The van der Waals surface area contributed by atoms with Gasteiger partial charge in [0.1, 0.15) is 0 Å². The Labute approximate surface area is 187 Å². The number of carbonyl (C=O) groups excluding carboxylic acids is 1. The summed E-state index contributed by atoms with van der Waals surface area (Å²) in [6, 6.07) is 9.37. The molecule has 0 saturated heterocycles. The predicted molar refractivity (Wildman–Crippen MR) is 130 cm³/mol. The van der Waals surface area contributed by atoms with Crippen molar-refractivity contribution in [2.24, 2.45) is 5.92 Å². The van der Waals surface area contributed by atoms with Crippen molar-refractivity contribution >= 4 is 5.97 Å². The van der Waals surface area contributed by atoms with Crippen LogP contribution in [-0.2, 0) is 4.74 Å². The Morgan fingerprint density at radius 2 is 1.13 bits per heavy atom. The lowest BCUT2D eigenvalue weighted by molar-refractivity contribution is 0.0478. The molecular weight excluding hydrogens is 368 g/mol. The molecule has 0 radical (unpaired) electrons. The lowest BCUT2D eigenvalue weighted by Gasteiger charge is -2.17. The van der Waals surface area contributed by atoms with Crippen molar-refractivity contribution in [1.29, 1.82) is 0 Å². The van der Waals surface area contributed by atoms with E-state index in [1.807, 2.05) is 30.3 Å². The zero-order chi connectivity index (χ0) is 21.7. The van der Waals surface area contributed by atoms with Crippen LogP contribution in [0.4, 0.5) is 0 Å². The number of esters is 1. The van der Waals surface area contributed by atoms with Gasteiger partial charge in [0.25, 0.3) is 0 Å². The molecule has 0 spiro atoms. The van der Waals surface area contributed by atoms with Gasteiger partial charge in [0, 0.05) is 0 Å². The maximum Gasteiger partial charge on any atom is 0.338 e. The molecule has 0 aliphatic carbocycles. The van der Waals surface area contributed by atoms with Crippen LogP contribution < -0.4 is 0 Å². The molecule has 0 aliphatic heterocycles. The molecule has 0 fully saturated rings. The summed E-state index contributed by atoms with van der Waals surface area (Å²) in [4.78, 5) is 12.2. The quantitative estimate of drug-likeness (QED) is 0.156. The zero-order valence-electron chi connectivity index (χ0n) is 20.0. The molecule has 1 aromatic rings. The minimum Gasteiger partial charge on any atom is -0.462 e. The van der Waals surface area contributed by atoms with Gasteiger partial charge >= 0.3 is 5.97 Å². The highest BCUT2D eigenvalue weighted by Gasteiger charge is 2.11. The summed E-state index contributed by atoms with van der Waals surface area (Å²) in [5.74, 6) is 0.529. The summed E-state index contributed by atoms with van der Waals surface area (Å²) in [6.45, 7) is 5.11. The second kappa shape index (κ2) is 19.6. The molecule has 0 aromatic heterocycles. The molecule has 0 heterocycles. The van der Waals surface area contributed by atoms with Gasteiger partial charge in [-0.15, -0.1) is 0 Å². The van der Waals surface area contributed by atoms with E-state index in [9.17, 15) is 4.79 Å². The van der Waals surface area contributed by atoms with Crippen molar-refractivity contribution in [3.8, 4) is 0 Å². The van der Waals surface area contributed by atoms with Crippen molar-refractivity contribution in [2.45, 2.75) is 123 Å². The van der Waals surface area contributed by atoms with Crippen LogP contribution in [0.15, 0.2) is 30.3 Å². The fourth-order valence-electron chi connectivity index (χ4n) is 4.19. The summed E-state index contributed by atoms with van der Waals surface area (Å²) in [5.41, 5.74) is 0.660. The van der Waals surface area contributed by atoms with Crippen molar-refractivity contribution < 1.29 is 9.53 Å². The minimum absolute atomic E-state index is 0.180. The number of rotatable bonds is 20. The van der Waals surface area contributed by atoms with Gasteiger partial charge in [-0.1, -0.05) is 135 Å². The topological polar surface area (TPSA) is 26.3 Å². The summed E-state index contributed by atoms with van der Waals surface area (Å²) in [7, 11) is 0. The summed E-state index contributed by atoms with van der Waals surface area (Å²) >= 11 is 0. The average molecular weight is 417 g/mol. The van der Waals surface area contributed by atoms with Crippen molar-refractivity contribution in [3.63, 3.8) is 0 Å². The van der Waals surface area contributed by atoms with Crippen molar-refractivity contribution in [1.82, 2.24) is 0 Å². The molecule has 30 heavy (non-hydrogen) atoms. The third-order valence-corrected chi connectivity index (χ3v) is 6.20. The van der Waals surface area contributed by atoms with Gasteiger partial charge in [-0.3, -0.25) is 0 Å². The second-order valence-corrected chi connectivity index (χ2v) is 8.98. The van der Waals surface area contributed by atoms with E-state index in [1.54, 1.807) is 0 Å². The molecule has 1 unspecified atom stereocenters. The van der Waals surface area contributed by atoms with E-state index in [-0.39, 0.29) is 5.97 Å². The first-order chi connectivity index (χ1) is 14.8. The number of carbonyl (C=O) groups is 1. The van der Waals surface area contributed by atoms with Gasteiger partial charge in [-0.25, -0.2) is 4.79 Å². The third-order valence-electron chi connectivity index (χ3n) is 6.20. The van der Waals surface area contributed by atoms with E-state index >= 15 is 0 Å². The average Bonchev–Trinajstić information content (AvgIpc) is 2.77. The Balaban J connectivity index is 2.24. The van der Waals surface area contributed by atoms with E-state index in [1.165, 1.54) is 103 Å². The van der Waals surface area contributed by atoms with E-state index in [2.05, 4.69) is 13.8 Å². The van der Waals surface area contributed by atoms with Crippen LogP contribution in [0, 0.1) is 5.92 Å². The first kappa shape index (κ1) is 26.7. The summed E-state index contributed by atoms with van der Waals surface area (Å²) in [6.07, 6.45) is 22.8. The monoisotopic (exact) mass is 416 g/mol. The van der Waals surface area contributed by atoms with Crippen molar-refractivity contribution in [3.05, 3.63) is 35.9 Å². The molecule has 0 aliphatic rings. The molecule has 2 heteroatoms. The van der Waals surface area contributed by atoms with Crippen molar-refractivity contribution in [2.75, 3.05) is 6.61 Å². The number of ether oxygens (including phenoxy) is 1. The van der Waals surface area contributed by atoms with E-state index in [0.29, 0.717) is 18.1 Å². The Morgan fingerprint density at radius 3 is 1.63 bits per heavy atom. The first-order valence-electron chi connectivity index (χ1n) is 13.0. The number of unbranched alkanes of at least 4 members (excludes halogenated alkanes) is 12. The van der Waals surface area contributed by atoms with Gasteiger partial charge in [-0.05, 0) is 24.5 Å². The molecule has 0 N–H and O–H groups in total. The van der Waals surface area contributed by atoms with Gasteiger partial charge in [0.05, 0.1) is 12.2 Å². The molecular formula is C28H48O2. The maximum absolute atomic E-state index is 12.2. The minimum atomic E-state index is -0.180. The molecule has 1 atom stereocenters. The lowest BCUT2D eigenvalue weighted by atomic mass is 9.91. The van der Waals surface area contributed by atoms with Crippen LogP contribution in [0.25, 0.3) is 0 Å². The highest BCUT2D eigenvalue weighted by molar-refractivity contribution is 5.89. The number of hydrogen-bond donors (Lipinski definition) is 0. The lowest BCUT2D eigenvalue weighted by Crippen LogP contribution is -2.11. The predicted octanol–water partition coefficient (Wildman–Crippen LogP) is 9.13. The van der Waals surface area contributed by atoms with Gasteiger partial charge < -0.3 is 4.74 Å². The van der Waals surface area contributed by atoms with Crippen LogP contribution in [0.5, 0.6) is 0 Å². The van der Waals surface area contributed by atoms with Gasteiger partial charge in [-0.2, -0.15) is 0 Å². The standard InChI is InChI=1S/C28H48O2/c1-3-5-7-9-11-12-14-17-21-26(20-16-13-10-8-6-4-2)24-25-30-28(29)27-22-18-15-19-23-27/h15,18-19,22-23,26H,3-14,16-17,20-21,24-25H2,1-2H3. The molecule has 1 rings (SSSR count). The zero-order valence-corrected chi connectivity index (χ0v) is 20.0. The van der Waals surface area contributed by atoms with E-state index in [0.717, 1.165) is 6.42 Å². The van der Waals surface area contributed by atoms with Crippen LogP contribution >= 0.6 is 0 Å². The largest absolute Gasteiger partial charge is 0.462 e. The smallest absolute Gasteiger partial charge is 0.338 e. The molecule has 0 amide bonds. The summed E-state index contributed by atoms with van der Waals surface area (Å²) < 4.78 is 5.56. The molecule has 0 saturated carbocycles. The highest BCUT2D eigenvalue weighted by atomic mass is 16.5. The van der Waals surface area contributed by atoms with Gasteiger partial charge in [0.2, 0.25) is 0 Å². The molecule has 2 nitrogen and oxygen atoms in total. The fourth-order valence-corrected chi connectivity index (χ4v) is 4.19. The fraction of sp³-hybridized carbons (Fsp3) is 0.750. The van der Waals surface area contributed by atoms with E-state index in [4.69, 9.17) is 4.74 Å². The van der Waals surface area contributed by atoms with Crippen LogP contribution in [0.2, 0.25) is 0 Å². The second-order valence-electron chi connectivity index (χ2n) is 8.98. The third kappa shape index (κ3) is 14.6.